The van der Waals surface area contributed by atoms with Crippen LogP contribution < -0.4 is 10.6 Å². The first-order valence-electron chi connectivity index (χ1n) is 10.1. The van der Waals surface area contributed by atoms with E-state index in [2.05, 4.69) is 20.8 Å². The number of benzene rings is 2. The van der Waals surface area contributed by atoms with Crippen LogP contribution in [0, 0.1) is 0 Å². The molecule has 0 aliphatic heterocycles. The largest absolute Gasteiger partial charge is 0.349 e. The maximum Gasteiger partial charge on any atom is 0.253 e. The Kier molecular flexibility index (Phi) is 6.89. The average molecular weight is 456 g/mol. The van der Waals surface area contributed by atoms with Gasteiger partial charge in [0.25, 0.3) is 5.91 Å². The number of halogens is 1. The number of aromatic nitrogens is 3. The summed E-state index contributed by atoms with van der Waals surface area (Å²) in [6.45, 7) is 0. The molecule has 0 bridgehead atoms. The minimum atomic E-state index is -0.230. The first kappa shape index (κ1) is 21.4. The predicted octanol–water partition coefficient (Wildman–Crippen LogP) is 4.32. The molecule has 9 heteroatoms. The molecule has 2 amide bonds. The molecule has 2 N–H and O–H groups in total. The van der Waals surface area contributed by atoms with Gasteiger partial charge in [0.2, 0.25) is 5.91 Å². The van der Waals surface area contributed by atoms with Crippen molar-refractivity contribution in [2.75, 3.05) is 11.1 Å². The van der Waals surface area contributed by atoms with Crippen molar-refractivity contribution in [2.24, 2.45) is 0 Å². The lowest BCUT2D eigenvalue weighted by Crippen LogP contribution is -2.33. The summed E-state index contributed by atoms with van der Waals surface area (Å²) in [5.41, 5.74) is 1.78. The lowest BCUT2D eigenvalue weighted by Gasteiger charge is -2.15. The van der Waals surface area contributed by atoms with Crippen LogP contribution in [-0.4, -0.2) is 38.4 Å². The molecule has 1 fully saturated rings. The second-order valence-corrected chi connectivity index (χ2v) is 8.68. The van der Waals surface area contributed by atoms with E-state index >= 15 is 0 Å². The summed E-state index contributed by atoms with van der Waals surface area (Å²) in [4.78, 5) is 25.3. The van der Waals surface area contributed by atoms with Crippen LogP contribution in [0.2, 0.25) is 5.02 Å². The summed E-state index contributed by atoms with van der Waals surface area (Å²) in [6, 6.07) is 14.6. The van der Waals surface area contributed by atoms with E-state index in [0.29, 0.717) is 21.4 Å². The van der Waals surface area contributed by atoms with Gasteiger partial charge in [-0.1, -0.05) is 54.4 Å². The number of thioether (sulfide) groups is 1. The van der Waals surface area contributed by atoms with Crippen molar-refractivity contribution in [3.8, 4) is 5.69 Å². The van der Waals surface area contributed by atoms with Gasteiger partial charge in [-0.05, 0) is 43.2 Å². The topological polar surface area (TPSA) is 88.9 Å². The third kappa shape index (κ3) is 5.45. The number of carbonyl (C=O) groups is 2. The molecule has 31 heavy (non-hydrogen) atoms. The summed E-state index contributed by atoms with van der Waals surface area (Å²) >= 11 is 7.32. The highest BCUT2D eigenvalue weighted by molar-refractivity contribution is 7.99. The zero-order valence-corrected chi connectivity index (χ0v) is 18.3. The van der Waals surface area contributed by atoms with E-state index in [1.165, 1.54) is 11.8 Å². The van der Waals surface area contributed by atoms with Crippen LogP contribution in [0.25, 0.3) is 5.69 Å². The van der Waals surface area contributed by atoms with E-state index < -0.39 is 0 Å². The number of hydrogen-bond acceptors (Lipinski definition) is 5. The number of nitrogens with zero attached hydrogens (tertiary/aromatic N) is 3. The second kappa shape index (κ2) is 9.98. The molecule has 160 valence electrons. The van der Waals surface area contributed by atoms with Crippen LogP contribution in [-0.2, 0) is 4.79 Å². The van der Waals surface area contributed by atoms with Gasteiger partial charge in [0, 0.05) is 11.1 Å². The van der Waals surface area contributed by atoms with E-state index in [1.54, 1.807) is 47.3 Å². The molecule has 1 aromatic heterocycles. The number of carbonyl (C=O) groups excluding carboxylic acids is 2. The Bertz CT molecular complexity index is 1080. The molecular formula is C22H22ClN5O2S. The van der Waals surface area contributed by atoms with Crippen LogP contribution in [0.1, 0.15) is 36.0 Å². The standard InChI is InChI=1S/C22H22ClN5O2S/c23-15-6-5-9-17(12-15)28-14-24-27-22(28)31-13-20(29)26-19-11-4-3-10-18(19)21(30)25-16-7-1-2-8-16/h3-6,9-12,14,16H,1-2,7-8,13H2,(H,25,30)(H,26,29). The predicted molar refractivity (Wildman–Crippen MR) is 122 cm³/mol. The molecule has 1 aliphatic rings. The summed E-state index contributed by atoms with van der Waals surface area (Å²) in [5.74, 6) is -0.263. The van der Waals surface area contributed by atoms with Crippen molar-refractivity contribution in [1.29, 1.82) is 0 Å². The molecule has 0 radical (unpaired) electrons. The number of amides is 2. The average Bonchev–Trinajstić information content (AvgIpc) is 3.44. The first-order chi connectivity index (χ1) is 15.1. The molecule has 3 aromatic rings. The van der Waals surface area contributed by atoms with Crippen LogP contribution in [0.3, 0.4) is 0 Å². The minimum absolute atomic E-state index is 0.123. The Labute approximate surface area is 189 Å². The Morgan fingerprint density at radius 1 is 1.13 bits per heavy atom. The van der Waals surface area contributed by atoms with Gasteiger partial charge in [0.15, 0.2) is 5.16 Å². The van der Waals surface area contributed by atoms with Crippen molar-refractivity contribution >= 4 is 40.9 Å². The number of hydrogen-bond donors (Lipinski definition) is 2. The van der Waals surface area contributed by atoms with E-state index in [4.69, 9.17) is 11.6 Å². The summed E-state index contributed by atoms with van der Waals surface area (Å²) in [7, 11) is 0. The maximum absolute atomic E-state index is 12.7. The fraction of sp³-hybridized carbons (Fsp3) is 0.273. The number of para-hydroxylation sites is 1. The normalized spacial score (nSPS) is 13.8. The SMILES string of the molecule is O=C(CSc1nncn1-c1cccc(Cl)c1)Nc1ccccc1C(=O)NC1CCCC1. The molecular weight excluding hydrogens is 434 g/mol. The molecule has 2 aromatic carbocycles. The minimum Gasteiger partial charge on any atom is -0.349 e. The molecule has 1 aliphatic carbocycles. The Balaban J connectivity index is 1.39. The molecule has 4 rings (SSSR count). The number of anilines is 1. The van der Waals surface area contributed by atoms with E-state index in [9.17, 15) is 9.59 Å². The lowest BCUT2D eigenvalue weighted by atomic mass is 10.1. The van der Waals surface area contributed by atoms with Gasteiger partial charge in [-0.15, -0.1) is 10.2 Å². The maximum atomic E-state index is 12.7. The summed E-state index contributed by atoms with van der Waals surface area (Å²) in [6.07, 6.45) is 5.86. The van der Waals surface area contributed by atoms with E-state index in [-0.39, 0.29) is 23.6 Å². The monoisotopic (exact) mass is 455 g/mol. The molecule has 0 unspecified atom stereocenters. The van der Waals surface area contributed by atoms with Crippen LogP contribution in [0.4, 0.5) is 5.69 Å². The molecule has 7 nitrogen and oxygen atoms in total. The second-order valence-electron chi connectivity index (χ2n) is 7.30. The molecule has 1 saturated carbocycles. The Hall–Kier alpha value is -2.84. The number of nitrogens with one attached hydrogen (secondary N) is 2. The highest BCUT2D eigenvalue weighted by Crippen LogP contribution is 2.23. The highest BCUT2D eigenvalue weighted by Gasteiger charge is 2.20. The number of rotatable bonds is 7. The van der Waals surface area contributed by atoms with Gasteiger partial charge in [-0.3, -0.25) is 14.2 Å². The van der Waals surface area contributed by atoms with Gasteiger partial charge >= 0.3 is 0 Å². The van der Waals surface area contributed by atoms with Crippen molar-refractivity contribution in [3.05, 3.63) is 65.4 Å². The Morgan fingerprint density at radius 3 is 2.74 bits per heavy atom. The first-order valence-corrected chi connectivity index (χ1v) is 11.4. The summed E-state index contributed by atoms with van der Waals surface area (Å²) in [5, 5.41) is 15.1. The van der Waals surface area contributed by atoms with Gasteiger partial charge in [0.05, 0.1) is 22.7 Å². The van der Waals surface area contributed by atoms with Crippen LogP contribution in [0.15, 0.2) is 60.0 Å². The highest BCUT2D eigenvalue weighted by atomic mass is 35.5. The lowest BCUT2D eigenvalue weighted by molar-refractivity contribution is -0.113. The van der Waals surface area contributed by atoms with E-state index in [1.807, 2.05) is 12.1 Å². The molecule has 0 saturated heterocycles. The fourth-order valence-electron chi connectivity index (χ4n) is 3.57. The van der Waals surface area contributed by atoms with E-state index in [0.717, 1.165) is 31.4 Å². The summed E-state index contributed by atoms with van der Waals surface area (Å²) < 4.78 is 1.77. The fourth-order valence-corrected chi connectivity index (χ4v) is 4.48. The Morgan fingerprint density at radius 2 is 1.94 bits per heavy atom. The van der Waals surface area contributed by atoms with Gasteiger partial charge in [-0.2, -0.15) is 0 Å². The van der Waals surface area contributed by atoms with Crippen molar-refractivity contribution in [3.63, 3.8) is 0 Å². The van der Waals surface area contributed by atoms with Crippen molar-refractivity contribution in [1.82, 2.24) is 20.1 Å². The van der Waals surface area contributed by atoms with Gasteiger partial charge < -0.3 is 10.6 Å². The molecule has 1 heterocycles. The van der Waals surface area contributed by atoms with Crippen LogP contribution in [0.5, 0.6) is 0 Å². The van der Waals surface area contributed by atoms with Crippen LogP contribution >= 0.6 is 23.4 Å². The van der Waals surface area contributed by atoms with Crippen molar-refractivity contribution < 1.29 is 9.59 Å². The van der Waals surface area contributed by atoms with Gasteiger partial charge in [-0.25, -0.2) is 0 Å². The molecule has 0 atom stereocenters. The zero-order valence-electron chi connectivity index (χ0n) is 16.8. The van der Waals surface area contributed by atoms with Gasteiger partial charge in [0.1, 0.15) is 6.33 Å². The smallest absolute Gasteiger partial charge is 0.253 e. The third-order valence-electron chi connectivity index (χ3n) is 5.07. The quantitative estimate of drug-likeness (QED) is 0.518. The van der Waals surface area contributed by atoms with Crippen molar-refractivity contribution in [2.45, 2.75) is 36.9 Å². The third-order valence-corrected chi connectivity index (χ3v) is 6.25. The molecule has 0 spiro atoms. The zero-order chi connectivity index (χ0) is 21.6.